The van der Waals surface area contributed by atoms with Crippen molar-refractivity contribution in [2.24, 2.45) is 0 Å². The van der Waals surface area contributed by atoms with E-state index in [1.54, 1.807) is 0 Å². The molecule has 0 radical (unpaired) electrons. The fraction of sp³-hybridized carbons (Fsp3) is 0.500. The summed E-state index contributed by atoms with van der Waals surface area (Å²) in [6, 6.07) is 5.97. The minimum Gasteiger partial charge on any atom is -0.399 e. The molecule has 2 N–H and O–H groups in total. The van der Waals surface area contributed by atoms with E-state index in [4.69, 9.17) is 10.5 Å². The van der Waals surface area contributed by atoms with Crippen LogP contribution in [0.3, 0.4) is 0 Å². The number of ether oxygens (including phenoxy) is 1. The molecule has 3 heteroatoms. The Morgan fingerprint density at radius 3 is 2.80 bits per heavy atom. The van der Waals surface area contributed by atoms with Crippen LogP contribution in [0.4, 0.5) is 11.4 Å². The third-order valence-corrected chi connectivity index (χ3v) is 2.42. The molecule has 1 rings (SSSR count). The second kappa shape index (κ2) is 5.61. The lowest BCUT2D eigenvalue weighted by atomic mass is 10.1. The van der Waals surface area contributed by atoms with Gasteiger partial charge in [0.15, 0.2) is 0 Å². The van der Waals surface area contributed by atoms with Gasteiger partial charge in [0.05, 0.1) is 6.61 Å². The van der Waals surface area contributed by atoms with Crippen molar-refractivity contribution in [1.29, 1.82) is 0 Å². The van der Waals surface area contributed by atoms with Gasteiger partial charge in [-0.25, -0.2) is 0 Å². The molecule has 0 spiro atoms. The molecule has 0 aromatic heterocycles. The van der Waals surface area contributed by atoms with Gasteiger partial charge in [-0.3, -0.25) is 0 Å². The number of anilines is 2. The number of hydrogen-bond acceptors (Lipinski definition) is 3. The number of nitrogen functional groups attached to an aromatic ring is 1. The van der Waals surface area contributed by atoms with Crippen molar-refractivity contribution in [2.45, 2.75) is 13.8 Å². The van der Waals surface area contributed by atoms with Gasteiger partial charge in [-0.05, 0) is 31.5 Å². The van der Waals surface area contributed by atoms with Crippen LogP contribution in [0.15, 0.2) is 18.2 Å². The molecule has 0 heterocycles. The lowest BCUT2D eigenvalue weighted by Crippen LogP contribution is -2.23. The summed E-state index contributed by atoms with van der Waals surface area (Å²) in [5.74, 6) is 0. The summed E-state index contributed by atoms with van der Waals surface area (Å²) in [6.45, 7) is 6.50. The summed E-state index contributed by atoms with van der Waals surface area (Å²) in [7, 11) is 2.06. The summed E-state index contributed by atoms with van der Waals surface area (Å²) >= 11 is 0. The number of benzene rings is 1. The molecule has 0 saturated heterocycles. The van der Waals surface area contributed by atoms with E-state index in [2.05, 4.69) is 18.9 Å². The predicted molar refractivity (Wildman–Crippen MR) is 65.4 cm³/mol. The van der Waals surface area contributed by atoms with Crippen LogP contribution in [-0.4, -0.2) is 26.8 Å². The minimum atomic E-state index is 0.751. The monoisotopic (exact) mass is 208 g/mol. The van der Waals surface area contributed by atoms with Gasteiger partial charge in [-0.15, -0.1) is 0 Å². The van der Waals surface area contributed by atoms with E-state index >= 15 is 0 Å². The molecule has 0 fully saturated rings. The van der Waals surface area contributed by atoms with Crippen LogP contribution in [0.5, 0.6) is 0 Å². The van der Waals surface area contributed by atoms with Gasteiger partial charge >= 0.3 is 0 Å². The Bertz CT molecular complexity index is 312. The van der Waals surface area contributed by atoms with E-state index < -0.39 is 0 Å². The summed E-state index contributed by atoms with van der Waals surface area (Å²) in [4.78, 5) is 2.17. The van der Waals surface area contributed by atoms with Crippen molar-refractivity contribution >= 4 is 11.4 Å². The second-order valence-corrected chi connectivity index (χ2v) is 3.66. The van der Waals surface area contributed by atoms with Gasteiger partial charge in [0.25, 0.3) is 0 Å². The average Bonchev–Trinajstić information content (AvgIpc) is 2.22. The number of rotatable bonds is 5. The molecule has 1 aromatic rings. The van der Waals surface area contributed by atoms with Crippen LogP contribution < -0.4 is 10.6 Å². The van der Waals surface area contributed by atoms with Crippen LogP contribution in [0.1, 0.15) is 12.5 Å². The van der Waals surface area contributed by atoms with E-state index in [9.17, 15) is 0 Å². The molecule has 0 aliphatic heterocycles. The first-order valence-electron chi connectivity index (χ1n) is 5.30. The maximum Gasteiger partial charge on any atom is 0.0641 e. The van der Waals surface area contributed by atoms with E-state index in [-0.39, 0.29) is 0 Å². The lowest BCUT2D eigenvalue weighted by molar-refractivity contribution is 0.154. The highest BCUT2D eigenvalue weighted by Crippen LogP contribution is 2.21. The van der Waals surface area contributed by atoms with Crippen LogP contribution >= 0.6 is 0 Å². The van der Waals surface area contributed by atoms with E-state index in [0.717, 1.165) is 25.4 Å². The zero-order valence-electron chi connectivity index (χ0n) is 9.79. The van der Waals surface area contributed by atoms with Gasteiger partial charge < -0.3 is 15.4 Å². The number of nitrogens with two attached hydrogens (primary N) is 1. The molecule has 3 nitrogen and oxygen atoms in total. The van der Waals surface area contributed by atoms with Crippen LogP contribution in [0.2, 0.25) is 0 Å². The fourth-order valence-corrected chi connectivity index (χ4v) is 1.50. The Labute approximate surface area is 91.8 Å². The summed E-state index contributed by atoms with van der Waals surface area (Å²) in [6.07, 6.45) is 0. The van der Waals surface area contributed by atoms with Crippen LogP contribution in [0.25, 0.3) is 0 Å². The molecule has 84 valence electrons. The molecule has 0 bridgehead atoms. The number of nitrogens with zero attached hydrogens (tertiary/aromatic N) is 1. The third kappa shape index (κ3) is 3.44. The van der Waals surface area contributed by atoms with Crippen molar-refractivity contribution in [3.05, 3.63) is 23.8 Å². The molecular weight excluding hydrogens is 188 g/mol. The first-order valence-corrected chi connectivity index (χ1v) is 5.30. The number of aryl methyl sites for hydroxylation is 1. The largest absolute Gasteiger partial charge is 0.399 e. The molecule has 15 heavy (non-hydrogen) atoms. The molecule has 1 aromatic carbocycles. The molecule has 0 amide bonds. The topological polar surface area (TPSA) is 38.5 Å². The minimum absolute atomic E-state index is 0.751. The molecule has 0 saturated carbocycles. The third-order valence-electron chi connectivity index (χ3n) is 2.42. The van der Waals surface area contributed by atoms with Crippen molar-refractivity contribution in [1.82, 2.24) is 0 Å². The average molecular weight is 208 g/mol. The zero-order valence-corrected chi connectivity index (χ0v) is 9.79. The van der Waals surface area contributed by atoms with Crippen molar-refractivity contribution in [2.75, 3.05) is 37.4 Å². The summed E-state index contributed by atoms with van der Waals surface area (Å²) in [5.41, 5.74) is 8.98. The number of hydrogen-bond donors (Lipinski definition) is 1. The van der Waals surface area contributed by atoms with Gasteiger partial charge in [0, 0.05) is 31.6 Å². The Hall–Kier alpha value is -1.22. The lowest BCUT2D eigenvalue weighted by Gasteiger charge is -2.21. The quantitative estimate of drug-likeness (QED) is 0.594. The van der Waals surface area contributed by atoms with Gasteiger partial charge in [0.2, 0.25) is 0 Å². The SMILES string of the molecule is CCOCCN(C)c1cc(N)ccc1C. The maximum atomic E-state index is 5.76. The zero-order chi connectivity index (χ0) is 11.3. The van der Waals surface area contributed by atoms with Gasteiger partial charge in [0.1, 0.15) is 0 Å². The Kier molecular flexibility index (Phi) is 4.43. The highest BCUT2D eigenvalue weighted by molar-refractivity contribution is 5.60. The van der Waals surface area contributed by atoms with Gasteiger partial charge in [-0.1, -0.05) is 6.07 Å². The molecular formula is C12H20N2O. The van der Waals surface area contributed by atoms with Gasteiger partial charge in [-0.2, -0.15) is 0 Å². The summed E-state index contributed by atoms with van der Waals surface area (Å²) in [5, 5.41) is 0. The van der Waals surface area contributed by atoms with Crippen LogP contribution in [0, 0.1) is 6.92 Å². The van der Waals surface area contributed by atoms with Crippen molar-refractivity contribution < 1.29 is 4.74 Å². The number of likely N-dealkylation sites (N-methyl/N-ethyl adjacent to an activating group) is 1. The Morgan fingerprint density at radius 2 is 2.13 bits per heavy atom. The predicted octanol–water partition coefficient (Wildman–Crippen LogP) is 2.05. The standard InChI is InChI=1S/C12H20N2O/c1-4-15-8-7-14(3)12-9-11(13)6-5-10(12)2/h5-6,9H,4,7-8,13H2,1-3H3. The fourth-order valence-electron chi connectivity index (χ4n) is 1.50. The first-order chi connectivity index (χ1) is 7.15. The first kappa shape index (κ1) is 11.9. The molecule has 0 aliphatic carbocycles. The highest BCUT2D eigenvalue weighted by atomic mass is 16.5. The second-order valence-electron chi connectivity index (χ2n) is 3.66. The Balaban J connectivity index is 2.64. The molecule has 0 unspecified atom stereocenters. The van der Waals surface area contributed by atoms with E-state index in [0.29, 0.717) is 0 Å². The van der Waals surface area contributed by atoms with E-state index in [1.165, 1.54) is 11.3 Å². The molecule has 0 aliphatic rings. The smallest absolute Gasteiger partial charge is 0.0641 e. The van der Waals surface area contributed by atoms with Crippen LogP contribution in [-0.2, 0) is 4.74 Å². The van der Waals surface area contributed by atoms with E-state index in [1.807, 2.05) is 25.1 Å². The van der Waals surface area contributed by atoms with Crippen molar-refractivity contribution in [3.63, 3.8) is 0 Å². The van der Waals surface area contributed by atoms with Crippen molar-refractivity contribution in [3.8, 4) is 0 Å². The highest BCUT2D eigenvalue weighted by Gasteiger charge is 2.04. The Morgan fingerprint density at radius 1 is 1.40 bits per heavy atom. The summed E-state index contributed by atoms with van der Waals surface area (Å²) < 4.78 is 5.32. The maximum absolute atomic E-state index is 5.76. The normalized spacial score (nSPS) is 10.3. The molecule has 0 atom stereocenters.